The van der Waals surface area contributed by atoms with Gasteiger partial charge >= 0.3 is 0 Å². The topological polar surface area (TPSA) is 29.5 Å². The molecule has 0 aromatic heterocycles. The maximum atomic E-state index is 9.43. The molecular formula is C16H18O2S. The molecule has 3 heteroatoms. The lowest BCUT2D eigenvalue weighted by molar-refractivity contribution is 0.199. The van der Waals surface area contributed by atoms with Gasteiger partial charge in [-0.1, -0.05) is 30.3 Å². The van der Waals surface area contributed by atoms with Crippen LogP contribution in [0.2, 0.25) is 0 Å². The number of aliphatic hydroxyl groups is 1. The first-order valence-electron chi connectivity index (χ1n) is 6.34. The summed E-state index contributed by atoms with van der Waals surface area (Å²) >= 11 is 1.75. The Morgan fingerprint density at radius 2 is 1.74 bits per heavy atom. The van der Waals surface area contributed by atoms with Gasteiger partial charge in [0, 0.05) is 10.6 Å². The van der Waals surface area contributed by atoms with Crippen LogP contribution in [0.1, 0.15) is 18.6 Å². The SMILES string of the molecule is CC(O)c1ccc(SCCOc2ccccc2)cc1. The maximum Gasteiger partial charge on any atom is 0.119 e. The van der Waals surface area contributed by atoms with Crippen LogP contribution in [0.25, 0.3) is 0 Å². The van der Waals surface area contributed by atoms with E-state index in [2.05, 4.69) is 0 Å². The fourth-order valence-electron chi connectivity index (χ4n) is 1.68. The Morgan fingerprint density at radius 3 is 2.37 bits per heavy atom. The first-order chi connectivity index (χ1) is 9.25. The van der Waals surface area contributed by atoms with Gasteiger partial charge < -0.3 is 9.84 Å². The van der Waals surface area contributed by atoms with Crippen molar-refractivity contribution >= 4 is 11.8 Å². The lowest BCUT2D eigenvalue weighted by Crippen LogP contribution is -1.99. The van der Waals surface area contributed by atoms with Gasteiger partial charge in [-0.2, -0.15) is 0 Å². The Morgan fingerprint density at radius 1 is 1.05 bits per heavy atom. The zero-order valence-electron chi connectivity index (χ0n) is 11.0. The zero-order valence-corrected chi connectivity index (χ0v) is 11.8. The summed E-state index contributed by atoms with van der Waals surface area (Å²) in [5.74, 6) is 1.82. The van der Waals surface area contributed by atoms with Crippen LogP contribution < -0.4 is 4.74 Å². The van der Waals surface area contributed by atoms with E-state index in [0.717, 1.165) is 17.1 Å². The van der Waals surface area contributed by atoms with Gasteiger partial charge in [0.2, 0.25) is 0 Å². The van der Waals surface area contributed by atoms with Crippen molar-refractivity contribution in [3.63, 3.8) is 0 Å². The van der Waals surface area contributed by atoms with Gasteiger partial charge in [0.05, 0.1) is 12.7 Å². The summed E-state index contributed by atoms with van der Waals surface area (Å²) < 4.78 is 5.63. The van der Waals surface area contributed by atoms with Crippen molar-refractivity contribution in [1.82, 2.24) is 0 Å². The first-order valence-corrected chi connectivity index (χ1v) is 7.33. The second-order valence-corrected chi connectivity index (χ2v) is 5.42. The highest BCUT2D eigenvalue weighted by Gasteiger charge is 2.00. The van der Waals surface area contributed by atoms with Crippen LogP contribution >= 0.6 is 11.8 Å². The quantitative estimate of drug-likeness (QED) is 0.639. The van der Waals surface area contributed by atoms with Gasteiger partial charge in [0.1, 0.15) is 5.75 Å². The Bertz CT molecular complexity index is 480. The molecule has 2 aromatic rings. The molecule has 100 valence electrons. The number of hydrogen-bond acceptors (Lipinski definition) is 3. The zero-order chi connectivity index (χ0) is 13.5. The number of aliphatic hydroxyl groups excluding tert-OH is 1. The third-order valence-corrected chi connectivity index (χ3v) is 3.70. The first kappa shape index (κ1) is 14.0. The second kappa shape index (κ2) is 7.22. The summed E-state index contributed by atoms with van der Waals surface area (Å²) in [4.78, 5) is 1.20. The minimum absolute atomic E-state index is 0.402. The molecule has 0 aliphatic heterocycles. The van der Waals surface area contributed by atoms with Crippen molar-refractivity contribution in [2.75, 3.05) is 12.4 Å². The molecule has 0 saturated heterocycles. The summed E-state index contributed by atoms with van der Waals surface area (Å²) in [6, 6.07) is 17.8. The monoisotopic (exact) mass is 274 g/mol. The highest BCUT2D eigenvalue weighted by molar-refractivity contribution is 7.99. The van der Waals surface area contributed by atoms with Crippen molar-refractivity contribution in [2.45, 2.75) is 17.9 Å². The minimum atomic E-state index is -0.402. The Balaban J connectivity index is 1.74. The molecular weight excluding hydrogens is 256 g/mol. The molecule has 1 unspecified atom stereocenters. The average molecular weight is 274 g/mol. The Hall–Kier alpha value is -1.45. The predicted molar refractivity (Wildman–Crippen MR) is 79.7 cm³/mol. The van der Waals surface area contributed by atoms with E-state index in [-0.39, 0.29) is 0 Å². The van der Waals surface area contributed by atoms with Crippen molar-refractivity contribution in [2.24, 2.45) is 0 Å². The molecule has 19 heavy (non-hydrogen) atoms. The standard InChI is InChI=1S/C16H18O2S/c1-13(17)14-7-9-16(10-8-14)19-12-11-18-15-5-3-2-4-6-15/h2-10,13,17H,11-12H2,1H3. The molecule has 0 bridgehead atoms. The molecule has 0 fully saturated rings. The molecule has 0 radical (unpaired) electrons. The molecule has 0 spiro atoms. The van der Waals surface area contributed by atoms with Gasteiger partial charge in [-0.25, -0.2) is 0 Å². The highest BCUT2D eigenvalue weighted by Crippen LogP contribution is 2.21. The molecule has 0 aliphatic rings. The molecule has 2 aromatic carbocycles. The molecule has 0 amide bonds. The number of hydrogen-bond donors (Lipinski definition) is 1. The fraction of sp³-hybridized carbons (Fsp3) is 0.250. The van der Waals surface area contributed by atoms with E-state index in [1.165, 1.54) is 4.90 Å². The predicted octanol–water partition coefficient (Wildman–Crippen LogP) is 3.91. The third-order valence-electron chi connectivity index (χ3n) is 2.73. The van der Waals surface area contributed by atoms with Crippen LogP contribution in [0.5, 0.6) is 5.75 Å². The Labute approximate surface area is 118 Å². The van der Waals surface area contributed by atoms with Gasteiger partial charge in [0.25, 0.3) is 0 Å². The normalized spacial score (nSPS) is 12.1. The molecule has 1 atom stereocenters. The fourth-order valence-corrected chi connectivity index (χ4v) is 2.41. The highest BCUT2D eigenvalue weighted by atomic mass is 32.2. The van der Waals surface area contributed by atoms with Gasteiger partial charge in [-0.15, -0.1) is 11.8 Å². The molecule has 2 nitrogen and oxygen atoms in total. The van der Waals surface area contributed by atoms with Crippen LogP contribution in [-0.4, -0.2) is 17.5 Å². The number of benzene rings is 2. The summed E-state index contributed by atoms with van der Waals surface area (Å²) in [6.45, 7) is 2.46. The third kappa shape index (κ3) is 4.62. The summed E-state index contributed by atoms with van der Waals surface area (Å²) in [5, 5.41) is 9.43. The van der Waals surface area contributed by atoms with Crippen molar-refractivity contribution in [3.8, 4) is 5.75 Å². The molecule has 0 heterocycles. The van der Waals surface area contributed by atoms with Gasteiger partial charge in [0.15, 0.2) is 0 Å². The van der Waals surface area contributed by atoms with Crippen molar-refractivity contribution in [1.29, 1.82) is 0 Å². The summed E-state index contributed by atoms with van der Waals surface area (Å²) in [7, 11) is 0. The number of thioether (sulfide) groups is 1. The lowest BCUT2D eigenvalue weighted by Gasteiger charge is -2.07. The summed E-state index contributed by atoms with van der Waals surface area (Å²) in [6.07, 6.45) is -0.402. The van der Waals surface area contributed by atoms with E-state index < -0.39 is 6.10 Å². The van der Waals surface area contributed by atoms with Crippen molar-refractivity contribution in [3.05, 3.63) is 60.2 Å². The number of para-hydroxylation sites is 1. The molecule has 1 N–H and O–H groups in total. The minimum Gasteiger partial charge on any atom is -0.493 e. The molecule has 0 aliphatic carbocycles. The van der Waals surface area contributed by atoms with E-state index in [0.29, 0.717) is 6.61 Å². The van der Waals surface area contributed by atoms with Crippen molar-refractivity contribution < 1.29 is 9.84 Å². The average Bonchev–Trinajstić information content (AvgIpc) is 2.45. The van der Waals surface area contributed by atoms with E-state index in [1.807, 2.05) is 54.6 Å². The van der Waals surface area contributed by atoms with Crippen LogP contribution in [0.4, 0.5) is 0 Å². The van der Waals surface area contributed by atoms with E-state index in [9.17, 15) is 5.11 Å². The maximum absolute atomic E-state index is 9.43. The molecule has 2 rings (SSSR count). The largest absolute Gasteiger partial charge is 0.493 e. The van der Waals surface area contributed by atoms with E-state index >= 15 is 0 Å². The van der Waals surface area contributed by atoms with Crippen LogP contribution in [0.3, 0.4) is 0 Å². The Kier molecular flexibility index (Phi) is 5.31. The second-order valence-electron chi connectivity index (χ2n) is 4.25. The summed E-state index contributed by atoms with van der Waals surface area (Å²) in [5.41, 5.74) is 0.949. The van der Waals surface area contributed by atoms with Crippen LogP contribution in [0.15, 0.2) is 59.5 Å². The van der Waals surface area contributed by atoms with Gasteiger partial charge in [-0.05, 0) is 36.8 Å². The number of rotatable bonds is 6. The van der Waals surface area contributed by atoms with Crippen LogP contribution in [-0.2, 0) is 0 Å². The lowest BCUT2D eigenvalue weighted by atomic mass is 10.1. The number of ether oxygens (including phenoxy) is 1. The van der Waals surface area contributed by atoms with Gasteiger partial charge in [-0.3, -0.25) is 0 Å². The van der Waals surface area contributed by atoms with E-state index in [1.54, 1.807) is 18.7 Å². The molecule has 0 saturated carbocycles. The smallest absolute Gasteiger partial charge is 0.119 e. The van der Waals surface area contributed by atoms with Crippen LogP contribution in [0, 0.1) is 0 Å². The van der Waals surface area contributed by atoms with E-state index in [4.69, 9.17) is 4.74 Å².